The van der Waals surface area contributed by atoms with Gasteiger partial charge < -0.3 is 14.2 Å². The van der Waals surface area contributed by atoms with Gasteiger partial charge in [-0.05, 0) is 116 Å². The normalized spacial score (nSPS) is 12.5. The Labute approximate surface area is 465 Å². The third-order valence-corrected chi connectivity index (χ3v) is 14.2. The summed E-state index contributed by atoms with van der Waals surface area (Å²) in [6.07, 6.45) is 81.9. The summed E-state index contributed by atoms with van der Waals surface area (Å²) in [6, 6.07) is 0. The summed E-state index contributed by atoms with van der Waals surface area (Å²) in [4.78, 5) is 38.3. The van der Waals surface area contributed by atoms with Crippen LogP contribution >= 0.6 is 0 Å². The molecule has 434 valence electrons. The molecule has 0 saturated heterocycles. The molecule has 75 heavy (non-hydrogen) atoms. The molecular formula is C69H122O6. The number of ether oxygens (including phenoxy) is 3. The molecule has 1 atom stereocenters. The lowest BCUT2D eigenvalue weighted by Crippen LogP contribution is -2.30. The Morgan fingerprint density at radius 1 is 0.267 bits per heavy atom. The van der Waals surface area contributed by atoms with Crippen LogP contribution in [-0.4, -0.2) is 37.2 Å². The molecule has 0 radical (unpaired) electrons. The van der Waals surface area contributed by atoms with Crippen molar-refractivity contribution in [2.75, 3.05) is 13.2 Å². The highest BCUT2D eigenvalue weighted by atomic mass is 16.6. The number of rotatable bonds is 59. The zero-order chi connectivity index (χ0) is 54.3. The molecule has 0 spiro atoms. The lowest BCUT2D eigenvalue weighted by Gasteiger charge is -2.18. The fraction of sp³-hybridized carbons (Fsp3) is 0.783. The van der Waals surface area contributed by atoms with E-state index in [4.69, 9.17) is 14.2 Å². The van der Waals surface area contributed by atoms with Crippen LogP contribution in [0.4, 0.5) is 0 Å². The molecule has 0 aliphatic carbocycles. The largest absolute Gasteiger partial charge is 0.462 e. The number of hydrogen-bond acceptors (Lipinski definition) is 6. The van der Waals surface area contributed by atoms with E-state index in [1.807, 2.05) is 0 Å². The fourth-order valence-corrected chi connectivity index (χ4v) is 9.24. The van der Waals surface area contributed by atoms with Gasteiger partial charge in [-0.1, -0.05) is 267 Å². The van der Waals surface area contributed by atoms with Gasteiger partial charge in [0.05, 0.1) is 0 Å². The molecule has 0 aromatic heterocycles. The minimum absolute atomic E-state index is 0.0807. The average Bonchev–Trinajstić information content (AvgIpc) is 3.41. The number of esters is 3. The monoisotopic (exact) mass is 1050 g/mol. The zero-order valence-electron chi connectivity index (χ0n) is 49.8. The molecule has 0 bridgehead atoms. The van der Waals surface area contributed by atoms with Gasteiger partial charge in [-0.3, -0.25) is 14.4 Å². The number of unbranched alkanes of at least 4 members (excludes halogenated alkanes) is 36. The van der Waals surface area contributed by atoms with Crippen molar-refractivity contribution in [3.8, 4) is 0 Å². The summed E-state index contributed by atoms with van der Waals surface area (Å²) in [7, 11) is 0. The molecule has 0 aliphatic rings. The predicted octanol–water partition coefficient (Wildman–Crippen LogP) is 22.1. The van der Waals surface area contributed by atoms with E-state index in [2.05, 4.69) is 93.7 Å². The Balaban J connectivity index is 4.28. The minimum Gasteiger partial charge on any atom is -0.462 e. The Morgan fingerprint density at radius 2 is 0.480 bits per heavy atom. The van der Waals surface area contributed by atoms with E-state index in [9.17, 15) is 14.4 Å². The van der Waals surface area contributed by atoms with Gasteiger partial charge >= 0.3 is 17.9 Å². The Hall–Kier alpha value is -3.15. The van der Waals surface area contributed by atoms with Crippen molar-refractivity contribution in [1.82, 2.24) is 0 Å². The molecular weight excluding hydrogens is 925 g/mol. The van der Waals surface area contributed by atoms with E-state index in [0.717, 1.165) is 89.9 Å². The van der Waals surface area contributed by atoms with Gasteiger partial charge in [0.1, 0.15) is 13.2 Å². The fourth-order valence-electron chi connectivity index (χ4n) is 9.24. The molecule has 6 heteroatoms. The highest BCUT2D eigenvalue weighted by molar-refractivity contribution is 5.71. The van der Waals surface area contributed by atoms with Crippen LogP contribution in [0.1, 0.15) is 329 Å². The standard InChI is InChI=1S/C69H122O6/c1-4-7-10-13-16-19-22-25-27-29-30-31-32-33-34-35-36-37-38-40-41-44-47-50-53-56-59-62-68(71)74-65-66(64-73-67(70)61-58-55-52-49-46-43-24-21-18-15-12-9-6-3)75-69(72)63-60-57-54-51-48-45-42-39-28-26-23-20-17-14-11-8-5-2/h17,20-22,24-26,28-30,32-33,66H,4-16,18-19,23,27,31,34-65H2,1-3H3/b20-17-,24-21-,25-22-,28-26-,30-29-,33-32-. The molecule has 0 saturated carbocycles. The highest BCUT2D eigenvalue weighted by Gasteiger charge is 2.19. The first-order chi connectivity index (χ1) is 37.0. The second kappa shape index (κ2) is 63.4. The Bertz CT molecular complexity index is 1390. The van der Waals surface area contributed by atoms with Crippen molar-refractivity contribution in [3.05, 3.63) is 72.9 Å². The Morgan fingerprint density at radius 3 is 0.800 bits per heavy atom. The van der Waals surface area contributed by atoms with Gasteiger partial charge in [0.25, 0.3) is 0 Å². The van der Waals surface area contributed by atoms with Crippen LogP contribution < -0.4 is 0 Å². The van der Waals surface area contributed by atoms with Crippen molar-refractivity contribution in [3.63, 3.8) is 0 Å². The second-order valence-electron chi connectivity index (χ2n) is 21.7. The first-order valence-electron chi connectivity index (χ1n) is 32.4. The van der Waals surface area contributed by atoms with Crippen molar-refractivity contribution in [2.45, 2.75) is 335 Å². The molecule has 0 heterocycles. The predicted molar refractivity (Wildman–Crippen MR) is 325 cm³/mol. The molecule has 0 aliphatic heterocycles. The van der Waals surface area contributed by atoms with Crippen LogP contribution in [0.5, 0.6) is 0 Å². The Kier molecular flexibility index (Phi) is 60.7. The summed E-state index contributed by atoms with van der Waals surface area (Å²) >= 11 is 0. The van der Waals surface area contributed by atoms with Crippen LogP contribution in [0.15, 0.2) is 72.9 Å². The molecule has 0 aromatic carbocycles. The van der Waals surface area contributed by atoms with Crippen LogP contribution in [0.25, 0.3) is 0 Å². The number of hydrogen-bond donors (Lipinski definition) is 0. The van der Waals surface area contributed by atoms with Gasteiger partial charge in [-0.25, -0.2) is 0 Å². The van der Waals surface area contributed by atoms with Gasteiger partial charge in [0, 0.05) is 19.3 Å². The number of carbonyl (C=O) groups excluding carboxylic acids is 3. The van der Waals surface area contributed by atoms with E-state index < -0.39 is 6.10 Å². The van der Waals surface area contributed by atoms with E-state index >= 15 is 0 Å². The summed E-state index contributed by atoms with van der Waals surface area (Å²) in [5, 5.41) is 0. The summed E-state index contributed by atoms with van der Waals surface area (Å²) in [5.74, 6) is -0.886. The van der Waals surface area contributed by atoms with Crippen molar-refractivity contribution < 1.29 is 28.6 Å². The van der Waals surface area contributed by atoms with Gasteiger partial charge in [-0.15, -0.1) is 0 Å². The molecule has 0 N–H and O–H groups in total. The molecule has 0 rings (SSSR count). The van der Waals surface area contributed by atoms with Crippen molar-refractivity contribution >= 4 is 17.9 Å². The van der Waals surface area contributed by atoms with Crippen LogP contribution in [-0.2, 0) is 28.6 Å². The van der Waals surface area contributed by atoms with E-state index in [-0.39, 0.29) is 31.1 Å². The smallest absolute Gasteiger partial charge is 0.306 e. The molecule has 0 amide bonds. The molecule has 0 fully saturated rings. The number of allylic oxidation sites excluding steroid dienone is 12. The van der Waals surface area contributed by atoms with Crippen LogP contribution in [0.3, 0.4) is 0 Å². The van der Waals surface area contributed by atoms with Gasteiger partial charge in [-0.2, -0.15) is 0 Å². The van der Waals surface area contributed by atoms with Crippen molar-refractivity contribution in [1.29, 1.82) is 0 Å². The second-order valence-corrected chi connectivity index (χ2v) is 21.7. The lowest BCUT2D eigenvalue weighted by molar-refractivity contribution is -0.167. The first kappa shape index (κ1) is 71.8. The zero-order valence-corrected chi connectivity index (χ0v) is 49.8. The third-order valence-electron chi connectivity index (χ3n) is 14.2. The topological polar surface area (TPSA) is 78.9 Å². The highest BCUT2D eigenvalue weighted by Crippen LogP contribution is 2.16. The summed E-state index contributed by atoms with van der Waals surface area (Å²) in [5.41, 5.74) is 0. The quantitative estimate of drug-likeness (QED) is 0.0261. The van der Waals surface area contributed by atoms with Gasteiger partial charge in [0.15, 0.2) is 6.10 Å². The molecule has 0 aromatic rings. The minimum atomic E-state index is -0.784. The molecule has 1 unspecified atom stereocenters. The van der Waals surface area contributed by atoms with E-state index in [1.54, 1.807) is 0 Å². The maximum Gasteiger partial charge on any atom is 0.306 e. The summed E-state index contributed by atoms with van der Waals surface area (Å²) in [6.45, 7) is 6.61. The van der Waals surface area contributed by atoms with Crippen molar-refractivity contribution in [2.24, 2.45) is 0 Å². The maximum absolute atomic E-state index is 12.9. The summed E-state index contributed by atoms with van der Waals surface area (Å²) < 4.78 is 16.9. The lowest BCUT2D eigenvalue weighted by atomic mass is 10.0. The third kappa shape index (κ3) is 61.6. The van der Waals surface area contributed by atoms with E-state index in [1.165, 1.54) is 199 Å². The first-order valence-corrected chi connectivity index (χ1v) is 32.4. The maximum atomic E-state index is 12.9. The van der Waals surface area contributed by atoms with Gasteiger partial charge in [0.2, 0.25) is 0 Å². The van der Waals surface area contributed by atoms with E-state index in [0.29, 0.717) is 19.3 Å². The SMILES string of the molecule is CCCCC/C=C\C/C=C\CCCCCCCCCC(=O)OC(COC(=O)CCCCCCC/C=C\CCCCCC)COC(=O)CCCCCCCCCCCCCC/C=C\C/C=C\C/C=C\CCCCCCC. The average molecular weight is 1050 g/mol. The van der Waals surface area contributed by atoms with Crippen LogP contribution in [0.2, 0.25) is 0 Å². The number of carbonyl (C=O) groups is 3. The molecule has 6 nitrogen and oxygen atoms in total. The van der Waals surface area contributed by atoms with Crippen LogP contribution in [0, 0.1) is 0 Å².